The monoisotopic (exact) mass is 548 g/mol. The van der Waals surface area contributed by atoms with Gasteiger partial charge in [0.25, 0.3) is 5.91 Å². The van der Waals surface area contributed by atoms with Gasteiger partial charge in [0.05, 0.1) is 17.3 Å². The zero-order valence-corrected chi connectivity index (χ0v) is 23.0. The van der Waals surface area contributed by atoms with Crippen molar-refractivity contribution in [2.45, 2.75) is 46.0 Å². The molecule has 1 atom stereocenters. The minimum Gasteiger partial charge on any atom is -0.330 e. The fourth-order valence-electron chi connectivity index (χ4n) is 4.83. The molecule has 0 aliphatic rings. The van der Waals surface area contributed by atoms with E-state index in [2.05, 4.69) is 4.57 Å². The Labute approximate surface area is 233 Å². The largest absolute Gasteiger partial charge is 0.416 e. The average molecular weight is 549 g/mol. The molecule has 0 bridgehead atoms. The smallest absolute Gasteiger partial charge is 0.330 e. The highest BCUT2D eigenvalue weighted by molar-refractivity contribution is 5.94. The molecule has 5 nitrogen and oxygen atoms in total. The lowest BCUT2D eigenvalue weighted by Crippen LogP contribution is -2.40. The van der Waals surface area contributed by atoms with Crippen LogP contribution in [-0.2, 0) is 12.7 Å². The second-order valence-electron chi connectivity index (χ2n) is 10.4. The molecular formula is C32H35F3N4O. The quantitative estimate of drug-likeness (QED) is 0.230. The predicted molar refractivity (Wildman–Crippen MR) is 152 cm³/mol. The van der Waals surface area contributed by atoms with Gasteiger partial charge in [-0.05, 0) is 55.6 Å². The van der Waals surface area contributed by atoms with Gasteiger partial charge in [-0.25, -0.2) is 4.98 Å². The van der Waals surface area contributed by atoms with Crippen molar-refractivity contribution in [1.29, 1.82) is 0 Å². The molecule has 0 fully saturated rings. The number of nitrogens with two attached hydrogens (primary N) is 1. The summed E-state index contributed by atoms with van der Waals surface area (Å²) in [5.74, 6) is 0.317. The van der Waals surface area contributed by atoms with E-state index in [1.54, 1.807) is 4.90 Å². The summed E-state index contributed by atoms with van der Waals surface area (Å²) in [7, 11) is 0. The molecule has 1 aromatic heterocycles. The van der Waals surface area contributed by atoms with Crippen LogP contribution in [0.3, 0.4) is 0 Å². The molecule has 4 aromatic rings. The van der Waals surface area contributed by atoms with Gasteiger partial charge in [-0.2, -0.15) is 13.2 Å². The molecule has 1 amide bonds. The summed E-state index contributed by atoms with van der Waals surface area (Å²) in [6.07, 6.45) is -1.93. The number of rotatable bonds is 10. The van der Waals surface area contributed by atoms with E-state index < -0.39 is 17.8 Å². The van der Waals surface area contributed by atoms with Crippen LogP contribution in [0.25, 0.3) is 11.3 Å². The van der Waals surface area contributed by atoms with Gasteiger partial charge in [0.15, 0.2) is 0 Å². The first-order valence-corrected chi connectivity index (χ1v) is 13.4. The highest BCUT2D eigenvalue weighted by atomic mass is 19.4. The lowest BCUT2D eigenvalue weighted by Gasteiger charge is -2.34. The van der Waals surface area contributed by atoms with Gasteiger partial charge in [-0.15, -0.1) is 0 Å². The number of nitrogens with zero attached hydrogens (tertiary/aromatic N) is 3. The van der Waals surface area contributed by atoms with E-state index >= 15 is 0 Å². The minimum atomic E-state index is -4.48. The molecule has 0 unspecified atom stereocenters. The van der Waals surface area contributed by atoms with E-state index in [-0.39, 0.29) is 17.4 Å². The van der Waals surface area contributed by atoms with Gasteiger partial charge in [-0.3, -0.25) is 4.79 Å². The van der Waals surface area contributed by atoms with Crippen molar-refractivity contribution in [2.24, 2.45) is 11.7 Å². The molecule has 1 heterocycles. The number of carbonyl (C=O) groups excluding carboxylic acids is 1. The van der Waals surface area contributed by atoms with Crippen LogP contribution in [-0.4, -0.2) is 33.4 Å². The number of imidazole rings is 1. The Morgan fingerprint density at radius 2 is 1.62 bits per heavy atom. The lowest BCUT2D eigenvalue weighted by atomic mass is 9.99. The number of hydrogen-bond donors (Lipinski definition) is 1. The number of aromatic nitrogens is 2. The standard InChI is InChI=1S/C32H35F3N4O/c1-22(2)29(39(19-7-18-36)31(40)26-14-16-27(17-15-26)32(33,34)35)30-37-28(25-12-10-23(3)11-13-25)21-38(30)20-24-8-5-4-6-9-24/h4-6,8-17,21-22,29H,7,18-20,36H2,1-3H3/t29-/m1/s1. The van der Waals surface area contributed by atoms with E-state index in [4.69, 9.17) is 10.7 Å². The number of halogens is 3. The summed E-state index contributed by atoms with van der Waals surface area (Å²) in [5.41, 5.74) is 9.21. The van der Waals surface area contributed by atoms with Crippen LogP contribution in [0, 0.1) is 12.8 Å². The van der Waals surface area contributed by atoms with Crippen LogP contribution in [0.5, 0.6) is 0 Å². The van der Waals surface area contributed by atoms with Gasteiger partial charge in [0.1, 0.15) is 5.82 Å². The third-order valence-corrected chi connectivity index (χ3v) is 6.91. The third-order valence-electron chi connectivity index (χ3n) is 6.91. The maximum atomic E-state index is 13.9. The molecule has 8 heteroatoms. The maximum absolute atomic E-state index is 13.9. The van der Waals surface area contributed by atoms with Gasteiger partial charge < -0.3 is 15.2 Å². The van der Waals surface area contributed by atoms with Crippen LogP contribution in [0.15, 0.2) is 85.1 Å². The molecule has 4 rings (SSSR count). The molecule has 0 aliphatic heterocycles. The molecular weight excluding hydrogens is 513 g/mol. The van der Waals surface area contributed by atoms with E-state index in [1.807, 2.05) is 81.6 Å². The Morgan fingerprint density at radius 3 is 2.20 bits per heavy atom. The van der Waals surface area contributed by atoms with Crippen molar-refractivity contribution >= 4 is 5.91 Å². The SMILES string of the molecule is Cc1ccc(-c2cn(Cc3ccccc3)c([C@@H](C(C)C)N(CCCN)C(=O)c3ccc(C(F)(F)F)cc3)n2)cc1. The first-order chi connectivity index (χ1) is 19.1. The summed E-state index contributed by atoms with van der Waals surface area (Å²) in [4.78, 5) is 20.7. The van der Waals surface area contributed by atoms with E-state index in [9.17, 15) is 18.0 Å². The predicted octanol–water partition coefficient (Wildman–Crippen LogP) is 7.11. The van der Waals surface area contributed by atoms with Crippen molar-refractivity contribution in [3.63, 3.8) is 0 Å². The Balaban J connectivity index is 1.80. The molecule has 40 heavy (non-hydrogen) atoms. The van der Waals surface area contributed by atoms with E-state index in [1.165, 1.54) is 12.1 Å². The number of hydrogen-bond acceptors (Lipinski definition) is 3. The number of alkyl halides is 3. The van der Waals surface area contributed by atoms with Crippen LogP contribution in [0.1, 0.15) is 59.2 Å². The molecule has 0 aliphatic carbocycles. The Kier molecular flexibility index (Phi) is 9.10. The second-order valence-corrected chi connectivity index (χ2v) is 10.4. The molecule has 0 saturated carbocycles. The fraction of sp³-hybridized carbons (Fsp3) is 0.312. The van der Waals surface area contributed by atoms with Gasteiger partial charge >= 0.3 is 6.18 Å². The van der Waals surface area contributed by atoms with Crippen molar-refractivity contribution in [2.75, 3.05) is 13.1 Å². The number of aryl methyl sites for hydroxylation is 1. The minimum absolute atomic E-state index is 0.0426. The van der Waals surface area contributed by atoms with Gasteiger partial charge in [0.2, 0.25) is 0 Å². The first kappa shape index (κ1) is 29.1. The fourth-order valence-corrected chi connectivity index (χ4v) is 4.83. The molecule has 2 N–H and O–H groups in total. The van der Waals surface area contributed by atoms with Crippen LogP contribution >= 0.6 is 0 Å². The zero-order chi connectivity index (χ0) is 28.9. The van der Waals surface area contributed by atoms with Crippen LogP contribution < -0.4 is 5.73 Å². The van der Waals surface area contributed by atoms with Gasteiger partial charge in [0, 0.05) is 30.4 Å². The highest BCUT2D eigenvalue weighted by Crippen LogP contribution is 2.34. The molecule has 3 aromatic carbocycles. The lowest BCUT2D eigenvalue weighted by molar-refractivity contribution is -0.137. The molecule has 0 radical (unpaired) electrons. The van der Waals surface area contributed by atoms with E-state index in [0.29, 0.717) is 31.9 Å². The van der Waals surface area contributed by atoms with Crippen LogP contribution in [0.4, 0.5) is 13.2 Å². The number of benzene rings is 3. The second kappa shape index (κ2) is 12.5. The summed E-state index contributed by atoms with van der Waals surface area (Å²) in [6, 6.07) is 22.1. The topological polar surface area (TPSA) is 64.2 Å². The maximum Gasteiger partial charge on any atom is 0.416 e. The molecule has 0 saturated heterocycles. The Morgan fingerprint density at radius 1 is 0.975 bits per heavy atom. The first-order valence-electron chi connectivity index (χ1n) is 13.4. The Bertz CT molecular complexity index is 1400. The summed E-state index contributed by atoms with van der Waals surface area (Å²) in [6.45, 7) is 7.34. The highest BCUT2D eigenvalue weighted by Gasteiger charge is 2.34. The molecule has 0 spiro atoms. The van der Waals surface area contributed by atoms with Crippen LogP contribution in [0.2, 0.25) is 0 Å². The van der Waals surface area contributed by atoms with Crippen molar-refractivity contribution < 1.29 is 18.0 Å². The van der Waals surface area contributed by atoms with Crippen molar-refractivity contribution in [3.8, 4) is 11.3 Å². The van der Waals surface area contributed by atoms with E-state index in [0.717, 1.165) is 34.5 Å². The summed E-state index contributed by atoms with van der Waals surface area (Å²) < 4.78 is 41.6. The Hall–Kier alpha value is -3.91. The number of carbonyl (C=O) groups is 1. The van der Waals surface area contributed by atoms with Crippen molar-refractivity contribution in [1.82, 2.24) is 14.5 Å². The number of amides is 1. The average Bonchev–Trinajstić information content (AvgIpc) is 3.33. The van der Waals surface area contributed by atoms with Crippen molar-refractivity contribution in [3.05, 3.63) is 113 Å². The molecule has 210 valence electrons. The summed E-state index contributed by atoms with van der Waals surface area (Å²) in [5, 5.41) is 0. The van der Waals surface area contributed by atoms with Gasteiger partial charge in [-0.1, -0.05) is 74.0 Å². The normalized spacial score (nSPS) is 12.5. The zero-order valence-electron chi connectivity index (χ0n) is 23.0. The summed E-state index contributed by atoms with van der Waals surface area (Å²) >= 11 is 0. The third kappa shape index (κ3) is 6.80.